The molecule has 1 saturated carbocycles. The molecule has 0 unspecified atom stereocenters. The van der Waals surface area contributed by atoms with E-state index in [1.54, 1.807) is 0 Å². The lowest BCUT2D eigenvalue weighted by molar-refractivity contribution is 0.215. The molecule has 0 radical (unpaired) electrons. The minimum absolute atomic E-state index is 0.678. The van der Waals surface area contributed by atoms with Gasteiger partial charge in [0.25, 0.3) is 0 Å². The molecule has 1 fully saturated rings. The predicted octanol–water partition coefficient (Wildman–Crippen LogP) is 2.83. The van der Waals surface area contributed by atoms with Crippen molar-refractivity contribution in [2.75, 3.05) is 6.54 Å². The maximum atomic E-state index is 5.87. The summed E-state index contributed by atoms with van der Waals surface area (Å²) < 4.78 is 8.19. The van der Waals surface area contributed by atoms with Crippen LogP contribution in [0.15, 0.2) is 34.7 Å². The van der Waals surface area contributed by atoms with Crippen LogP contribution in [0.1, 0.15) is 53.3 Å². The van der Waals surface area contributed by atoms with Gasteiger partial charge in [-0.1, -0.05) is 30.3 Å². The number of rotatable bonds is 5. The number of fused-ring (bicyclic) bond motifs is 1. The van der Waals surface area contributed by atoms with Gasteiger partial charge in [-0.3, -0.25) is 4.90 Å². The van der Waals surface area contributed by atoms with Crippen LogP contribution in [0.4, 0.5) is 0 Å². The molecule has 1 aromatic carbocycles. The molecule has 2 aliphatic rings. The van der Waals surface area contributed by atoms with Gasteiger partial charge >= 0.3 is 0 Å². The van der Waals surface area contributed by atoms with E-state index < -0.39 is 0 Å². The summed E-state index contributed by atoms with van der Waals surface area (Å²) in [5.74, 6) is 3.34. The summed E-state index contributed by atoms with van der Waals surface area (Å²) in [6.45, 7) is 2.57. The number of nitrogens with zero attached hydrogens (tertiary/aromatic N) is 5. The Labute approximate surface area is 152 Å². The molecule has 5 rings (SSSR count). The van der Waals surface area contributed by atoms with Gasteiger partial charge in [-0.05, 0) is 18.4 Å². The summed E-state index contributed by atoms with van der Waals surface area (Å²) in [7, 11) is 2.17. The lowest BCUT2D eigenvalue weighted by Crippen LogP contribution is -2.30. The second kappa shape index (κ2) is 6.36. The van der Waals surface area contributed by atoms with Crippen molar-refractivity contribution in [3.05, 3.63) is 64.9 Å². The molecule has 6 nitrogen and oxygen atoms in total. The van der Waals surface area contributed by atoms with Crippen molar-refractivity contribution in [3.8, 4) is 0 Å². The smallest absolute Gasteiger partial charge is 0.230 e. The molecule has 0 bridgehead atoms. The maximum absolute atomic E-state index is 5.87. The topological polar surface area (TPSA) is 60.0 Å². The Kier molecular flexibility index (Phi) is 3.85. The zero-order valence-corrected chi connectivity index (χ0v) is 15.1. The first-order valence-corrected chi connectivity index (χ1v) is 9.38. The Morgan fingerprint density at radius 1 is 1.12 bits per heavy atom. The van der Waals surface area contributed by atoms with E-state index in [1.165, 1.54) is 35.6 Å². The van der Waals surface area contributed by atoms with Crippen molar-refractivity contribution in [2.45, 2.75) is 44.7 Å². The third kappa shape index (κ3) is 3.05. The van der Waals surface area contributed by atoms with Crippen LogP contribution in [0.5, 0.6) is 0 Å². The van der Waals surface area contributed by atoms with Crippen molar-refractivity contribution in [2.24, 2.45) is 7.05 Å². The molecule has 1 aliphatic heterocycles. The van der Waals surface area contributed by atoms with Gasteiger partial charge in [0.05, 0.1) is 18.7 Å². The second-order valence-corrected chi connectivity index (χ2v) is 7.41. The minimum atomic E-state index is 0.678. The molecule has 0 saturated heterocycles. The molecule has 0 amide bonds. The molecule has 3 heterocycles. The van der Waals surface area contributed by atoms with Crippen molar-refractivity contribution in [3.63, 3.8) is 0 Å². The number of benzene rings is 1. The van der Waals surface area contributed by atoms with Gasteiger partial charge in [-0.2, -0.15) is 0 Å². The Hall–Kier alpha value is -2.47. The fourth-order valence-electron chi connectivity index (χ4n) is 3.83. The Morgan fingerprint density at radius 2 is 1.92 bits per heavy atom. The number of hydrogen-bond acceptors (Lipinski definition) is 5. The fourth-order valence-corrected chi connectivity index (χ4v) is 3.83. The zero-order chi connectivity index (χ0) is 17.5. The van der Waals surface area contributed by atoms with Gasteiger partial charge in [0.1, 0.15) is 5.82 Å². The summed E-state index contributed by atoms with van der Waals surface area (Å²) in [6, 6.07) is 10.2. The second-order valence-electron chi connectivity index (χ2n) is 7.41. The Bertz CT molecular complexity index is 910. The summed E-state index contributed by atoms with van der Waals surface area (Å²) in [5, 5.41) is 8.45. The summed E-state index contributed by atoms with van der Waals surface area (Å²) in [4.78, 5) is 7.27. The molecule has 0 spiro atoms. The molecule has 6 heteroatoms. The van der Waals surface area contributed by atoms with Crippen LogP contribution in [0.25, 0.3) is 0 Å². The van der Waals surface area contributed by atoms with Crippen LogP contribution in [-0.2, 0) is 33.0 Å². The third-order valence-electron chi connectivity index (χ3n) is 5.38. The first-order chi connectivity index (χ1) is 12.8. The third-order valence-corrected chi connectivity index (χ3v) is 5.38. The van der Waals surface area contributed by atoms with E-state index in [0.717, 1.165) is 19.5 Å². The molecule has 0 N–H and O–H groups in total. The van der Waals surface area contributed by atoms with E-state index in [4.69, 9.17) is 9.40 Å². The van der Waals surface area contributed by atoms with E-state index in [-0.39, 0.29) is 0 Å². The summed E-state index contributed by atoms with van der Waals surface area (Å²) in [5.41, 5.74) is 3.81. The van der Waals surface area contributed by atoms with E-state index >= 15 is 0 Å². The Balaban J connectivity index is 1.25. The zero-order valence-electron chi connectivity index (χ0n) is 15.1. The van der Waals surface area contributed by atoms with Gasteiger partial charge in [-0.25, -0.2) is 4.98 Å². The number of imidazole rings is 1. The van der Waals surface area contributed by atoms with Gasteiger partial charge in [0, 0.05) is 38.2 Å². The van der Waals surface area contributed by atoms with E-state index in [0.29, 0.717) is 30.7 Å². The molecular formula is C20H23N5O. The normalized spacial score (nSPS) is 17.4. The minimum Gasteiger partial charge on any atom is -0.424 e. The average Bonchev–Trinajstić information content (AvgIpc) is 3.33. The average molecular weight is 349 g/mol. The first kappa shape index (κ1) is 15.8. The molecule has 1 aliphatic carbocycles. The summed E-state index contributed by atoms with van der Waals surface area (Å²) in [6.07, 6.45) is 4.30. The fraction of sp³-hybridized carbons (Fsp3) is 0.450. The quantitative estimate of drug-likeness (QED) is 0.709. The van der Waals surface area contributed by atoms with E-state index in [9.17, 15) is 0 Å². The van der Waals surface area contributed by atoms with Crippen molar-refractivity contribution in [1.82, 2.24) is 24.6 Å². The van der Waals surface area contributed by atoms with Gasteiger partial charge in [0.15, 0.2) is 0 Å². The molecule has 26 heavy (non-hydrogen) atoms. The first-order valence-electron chi connectivity index (χ1n) is 9.38. The molecule has 3 aromatic rings. The van der Waals surface area contributed by atoms with Crippen LogP contribution in [0.3, 0.4) is 0 Å². The van der Waals surface area contributed by atoms with Crippen molar-refractivity contribution < 1.29 is 4.42 Å². The van der Waals surface area contributed by atoms with Crippen LogP contribution in [0.2, 0.25) is 0 Å². The molecule has 2 aromatic heterocycles. The van der Waals surface area contributed by atoms with Gasteiger partial charge < -0.3 is 8.98 Å². The van der Waals surface area contributed by atoms with E-state index in [2.05, 4.69) is 38.8 Å². The SMILES string of the molecule is Cn1c(C2CC2)nc2c1CCN(Cc1nnc(Cc3ccccc3)o1)C2. The summed E-state index contributed by atoms with van der Waals surface area (Å²) >= 11 is 0. The van der Waals surface area contributed by atoms with Crippen LogP contribution in [-0.4, -0.2) is 31.2 Å². The largest absolute Gasteiger partial charge is 0.424 e. The van der Waals surface area contributed by atoms with E-state index in [1.807, 2.05) is 18.2 Å². The predicted molar refractivity (Wildman–Crippen MR) is 96.5 cm³/mol. The number of hydrogen-bond donors (Lipinski definition) is 0. The lowest BCUT2D eigenvalue weighted by atomic mass is 10.1. The highest BCUT2D eigenvalue weighted by molar-refractivity contribution is 5.24. The highest BCUT2D eigenvalue weighted by Gasteiger charge is 2.32. The molecule has 134 valence electrons. The monoisotopic (exact) mass is 349 g/mol. The van der Waals surface area contributed by atoms with Gasteiger partial charge in [-0.15, -0.1) is 10.2 Å². The highest BCUT2D eigenvalue weighted by atomic mass is 16.4. The van der Waals surface area contributed by atoms with Crippen molar-refractivity contribution >= 4 is 0 Å². The van der Waals surface area contributed by atoms with Crippen LogP contribution < -0.4 is 0 Å². The van der Waals surface area contributed by atoms with Crippen LogP contribution >= 0.6 is 0 Å². The Morgan fingerprint density at radius 3 is 2.73 bits per heavy atom. The maximum Gasteiger partial charge on any atom is 0.230 e. The number of aromatic nitrogens is 4. The molecule has 0 atom stereocenters. The van der Waals surface area contributed by atoms with Crippen LogP contribution in [0, 0.1) is 0 Å². The lowest BCUT2D eigenvalue weighted by Gasteiger charge is -2.25. The van der Waals surface area contributed by atoms with Gasteiger partial charge in [0.2, 0.25) is 11.8 Å². The highest BCUT2D eigenvalue weighted by Crippen LogP contribution is 2.40. The van der Waals surface area contributed by atoms with Crippen molar-refractivity contribution in [1.29, 1.82) is 0 Å². The standard InChI is InChI=1S/C20H23N5O/c1-24-17-9-10-25(12-16(17)21-20(24)15-7-8-15)13-19-23-22-18(26-19)11-14-5-3-2-4-6-14/h2-6,15H,7-13H2,1H3. The molecular weight excluding hydrogens is 326 g/mol.